The van der Waals surface area contributed by atoms with Crippen molar-refractivity contribution in [3.63, 3.8) is 0 Å². The summed E-state index contributed by atoms with van der Waals surface area (Å²) in [5.41, 5.74) is 0.727. The van der Waals surface area contributed by atoms with Crippen LogP contribution in [-0.2, 0) is 0 Å². The number of carbonyl (C=O) groups excluding carboxylic acids is 1. The summed E-state index contributed by atoms with van der Waals surface area (Å²) >= 11 is 0. The summed E-state index contributed by atoms with van der Waals surface area (Å²) < 4.78 is 0. The van der Waals surface area contributed by atoms with Gasteiger partial charge >= 0.3 is 0 Å². The maximum atomic E-state index is 11.7. The van der Waals surface area contributed by atoms with Crippen molar-refractivity contribution >= 4 is 5.91 Å². The first-order valence-corrected chi connectivity index (χ1v) is 4.64. The molecular weight excluding hydrogens is 178 g/mol. The molecule has 0 spiro atoms. The summed E-state index contributed by atoms with van der Waals surface area (Å²) in [6, 6.07) is 0. The van der Waals surface area contributed by atoms with E-state index in [1.54, 1.807) is 24.3 Å². The molecule has 4 nitrogen and oxygen atoms in total. The lowest BCUT2D eigenvalue weighted by Gasteiger charge is -2.26. The zero-order valence-electron chi connectivity index (χ0n) is 9.16. The molecule has 1 heterocycles. The highest BCUT2D eigenvalue weighted by molar-refractivity contribution is 5.93. The van der Waals surface area contributed by atoms with E-state index in [4.69, 9.17) is 0 Å². The minimum atomic E-state index is 0.00803. The predicted molar refractivity (Wildman–Crippen MR) is 55.0 cm³/mol. The van der Waals surface area contributed by atoms with Gasteiger partial charge in [0.1, 0.15) is 0 Å². The Hall–Kier alpha value is -1.32. The van der Waals surface area contributed by atoms with Crippen LogP contribution in [0, 0.1) is 5.41 Å². The molecule has 0 bridgehead atoms. The van der Waals surface area contributed by atoms with Crippen LogP contribution in [0.15, 0.2) is 12.4 Å². The minimum Gasteiger partial charge on any atom is -0.341 e. The van der Waals surface area contributed by atoms with E-state index < -0.39 is 0 Å². The van der Waals surface area contributed by atoms with Gasteiger partial charge < -0.3 is 4.90 Å². The van der Waals surface area contributed by atoms with Crippen molar-refractivity contribution < 1.29 is 4.79 Å². The zero-order chi connectivity index (χ0) is 10.8. The predicted octanol–water partition coefficient (Wildman–Crippen LogP) is 1.53. The van der Waals surface area contributed by atoms with Crippen LogP contribution in [0.2, 0.25) is 0 Å². The van der Waals surface area contributed by atoms with E-state index >= 15 is 0 Å². The zero-order valence-corrected chi connectivity index (χ0v) is 9.16. The summed E-state index contributed by atoms with van der Waals surface area (Å²) in [5, 5.41) is 6.38. The Bertz CT molecular complexity index is 298. The molecule has 1 aromatic heterocycles. The molecule has 0 unspecified atom stereocenters. The molecule has 0 aliphatic carbocycles. The van der Waals surface area contributed by atoms with Crippen LogP contribution in [0.25, 0.3) is 0 Å². The third-order valence-corrected chi connectivity index (χ3v) is 1.80. The number of nitrogens with zero attached hydrogens (tertiary/aromatic N) is 2. The Balaban J connectivity index is 2.63. The van der Waals surface area contributed by atoms with Crippen molar-refractivity contribution in [2.45, 2.75) is 20.8 Å². The highest BCUT2D eigenvalue weighted by Gasteiger charge is 2.19. The normalized spacial score (nSPS) is 11.4. The molecule has 0 saturated heterocycles. The molecule has 0 fully saturated rings. The standard InChI is InChI=1S/C10H17N3O/c1-10(2,3)7-13(4)9(14)8-5-11-12-6-8/h5-6H,7H2,1-4H3,(H,11,12). The Kier molecular flexibility index (Phi) is 2.93. The number of amides is 1. The van der Waals surface area contributed by atoms with Gasteiger partial charge in [0, 0.05) is 19.8 Å². The van der Waals surface area contributed by atoms with Crippen LogP contribution in [0.3, 0.4) is 0 Å². The van der Waals surface area contributed by atoms with E-state index in [2.05, 4.69) is 31.0 Å². The van der Waals surface area contributed by atoms with Crippen LogP contribution < -0.4 is 0 Å². The van der Waals surface area contributed by atoms with Crippen molar-refractivity contribution in [2.75, 3.05) is 13.6 Å². The Morgan fingerprint density at radius 3 is 2.64 bits per heavy atom. The number of carbonyl (C=O) groups is 1. The van der Waals surface area contributed by atoms with Gasteiger partial charge in [-0.1, -0.05) is 20.8 Å². The molecule has 1 aromatic rings. The topological polar surface area (TPSA) is 49.0 Å². The van der Waals surface area contributed by atoms with Crippen molar-refractivity contribution in [3.8, 4) is 0 Å². The second kappa shape index (κ2) is 3.82. The van der Waals surface area contributed by atoms with E-state index in [0.29, 0.717) is 5.56 Å². The van der Waals surface area contributed by atoms with Gasteiger partial charge in [0.2, 0.25) is 0 Å². The van der Waals surface area contributed by atoms with Crippen LogP contribution in [-0.4, -0.2) is 34.6 Å². The van der Waals surface area contributed by atoms with Crippen molar-refractivity contribution in [2.24, 2.45) is 5.41 Å². The quantitative estimate of drug-likeness (QED) is 0.778. The van der Waals surface area contributed by atoms with Crippen LogP contribution >= 0.6 is 0 Å². The number of aromatic nitrogens is 2. The van der Waals surface area contributed by atoms with E-state index in [0.717, 1.165) is 6.54 Å². The lowest BCUT2D eigenvalue weighted by molar-refractivity contribution is 0.0746. The summed E-state index contributed by atoms with van der Waals surface area (Å²) in [6.45, 7) is 7.04. The third kappa shape index (κ3) is 2.87. The molecule has 14 heavy (non-hydrogen) atoms. The largest absolute Gasteiger partial charge is 0.341 e. The van der Waals surface area contributed by atoms with Gasteiger partial charge in [-0.2, -0.15) is 5.10 Å². The molecule has 78 valence electrons. The van der Waals surface area contributed by atoms with Gasteiger partial charge in [0.05, 0.1) is 11.8 Å². The van der Waals surface area contributed by atoms with E-state index in [9.17, 15) is 4.79 Å². The number of hydrogen-bond acceptors (Lipinski definition) is 2. The number of rotatable bonds is 2. The summed E-state index contributed by atoms with van der Waals surface area (Å²) in [6.07, 6.45) is 3.16. The molecule has 1 rings (SSSR count). The van der Waals surface area contributed by atoms with E-state index in [1.807, 2.05) is 0 Å². The number of nitrogens with one attached hydrogen (secondary N) is 1. The molecule has 0 saturated carbocycles. The average molecular weight is 195 g/mol. The Morgan fingerprint density at radius 2 is 2.21 bits per heavy atom. The molecule has 0 atom stereocenters. The average Bonchev–Trinajstić information content (AvgIpc) is 2.51. The summed E-state index contributed by atoms with van der Waals surface area (Å²) in [5.74, 6) is 0.00803. The maximum absolute atomic E-state index is 11.7. The summed E-state index contributed by atoms with van der Waals surface area (Å²) in [4.78, 5) is 13.5. The number of hydrogen-bond donors (Lipinski definition) is 1. The minimum absolute atomic E-state index is 0.00803. The lowest BCUT2D eigenvalue weighted by atomic mass is 9.96. The van der Waals surface area contributed by atoms with Crippen molar-refractivity contribution in [1.82, 2.24) is 15.1 Å². The second-order valence-electron chi connectivity index (χ2n) is 4.71. The second-order valence-corrected chi connectivity index (χ2v) is 4.71. The Labute approximate surface area is 84.3 Å². The first-order chi connectivity index (χ1) is 6.40. The fourth-order valence-electron chi connectivity index (χ4n) is 1.37. The molecule has 0 aliphatic rings. The highest BCUT2D eigenvalue weighted by atomic mass is 16.2. The molecule has 1 N–H and O–H groups in total. The van der Waals surface area contributed by atoms with Crippen LogP contribution in [0.1, 0.15) is 31.1 Å². The first kappa shape index (κ1) is 10.8. The molecule has 0 radical (unpaired) electrons. The van der Waals surface area contributed by atoms with Gasteiger partial charge in [-0.15, -0.1) is 0 Å². The van der Waals surface area contributed by atoms with E-state index in [1.165, 1.54) is 0 Å². The first-order valence-electron chi connectivity index (χ1n) is 4.64. The highest BCUT2D eigenvalue weighted by Crippen LogP contribution is 2.15. The Morgan fingerprint density at radius 1 is 1.57 bits per heavy atom. The van der Waals surface area contributed by atoms with Gasteiger partial charge in [-0.05, 0) is 5.41 Å². The van der Waals surface area contributed by atoms with E-state index in [-0.39, 0.29) is 11.3 Å². The molecule has 4 heteroatoms. The monoisotopic (exact) mass is 195 g/mol. The number of aromatic amines is 1. The molecule has 0 aliphatic heterocycles. The van der Waals surface area contributed by atoms with Crippen LogP contribution in [0.4, 0.5) is 0 Å². The van der Waals surface area contributed by atoms with Crippen molar-refractivity contribution in [1.29, 1.82) is 0 Å². The smallest absolute Gasteiger partial charge is 0.256 e. The molecule has 0 aromatic carbocycles. The number of H-pyrrole nitrogens is 1. The van der Waals surface area contributed by atoms with Crippen molar-refractivity contribution in [3.05, 3.63) is 18.0 Å². The van der Waals surface area contributed by atoms with Gasteiger partial charge in [0.25, 0.3) is 5.91 Å². The summed E-state index contributed by atoms with van der Waals surface area (Å²) in [7, 11) is 1.81. The third-order valence-electron chi connectivity index (χ3n) is 1.80. The fourth-order valence-corrected chi connectivity index (χ4v) is 1.37. The van der Waals surface area contributed by atoms with Gasteiger partial charge in [0.15, 0.2) is 0 Å². The van der Waals surface area contributed by atoms with Crippen LogP contribution in [0.5, 0.6) is 0 Å². The SMILES string of the molecule is CN(CC(C)(C)C)C(=O)c1cn[nH]c1. The maximum Gasteiger partial charge on any atom is 0.256 e. The molecular formula is C10H17N3O. The van der Waals surface area contributed by atoms with Gasteiger partial charge in [-0.25, -0.2) is 0 Å². The fraction of sp³-hybridized carbons (Fsp3) is 0.600. The lowest BCUT2D eigenvalue weighted by Crippen LogP contribution is -2.34. The van der Waals surface area contributed by atoms with Gasteiger partial charge in [-0.3, -0.25) is 9.89 Å². The molecule has 1 amide bonds.